The molecule has 182 valence electrons. The molecule has 15 heteroatoms. The van der Waals surface area contributed by atoms with E-state index in [0.29, 0.717) is 0 Å². The zero-order valence-corrected chi connectivity index (χ0v) is 15.4. The third-order valence-electron chi connectivity index (χ3n) is 4.95. The average Bonchev–Trinajstić information content (AvgIpc) is 2.48. The largest absolute Gasteiger partial charge is 0.459 e. The highest BCUT2D eigenvalue weighted by atomic mass is 19.4. The summed E-state index contributed by atoms with van der Waals surface area (Å²) < 4.78 is 162. The Morgan fingerprint density at radius 1 is 0.871 bits per heavy atom. The van der Waals surface area contributed by atoms with Crippen LogP contribution in [0.25, 0.3) is 0 Å². The molecule has 31 heavy (non-hydrogen) atoms. The highest BCUT2D eigenvalue weighted by Crippen LogP contribution is 2.56. The van der Waals surface area contributed by atoms with Gasteiger partial charge in [-0.15, -0.1) is 0 Å². The zero-order valence-electron chi connectivity index (χ0n) is 15.4. The fourth-order valence-corrected chi connectivity index (χ4v) is 3.61. The summed E-state index contributed by atoms with van der Waals surface area (Å²) in [5, 5.41) is 9.50. The van der Waals surface area contributed by atoms with Crippen molar-refractivity contribution in [3.63, 3.8) is 0 Å². The zero-order chi connectivity index (χ0) is 24.8. The van der Waals surface area contributed by atoms with Gasteiger partial charge >= 0.3 is 30.7 Å². The topological polar surface area (TPSA) is 46.5 Å². The number of ether oxygens (including phenoxy) is 1. The molecule has 0 heterocycles. The van der Waals surface area contributed by atoms with Gasteiger partial charge in [0, 0.05) is 11.5 Å². The fraction of sp³-hybridized carbons (Fsp3) is 0.812. The summed E-state index contributed by atoms with van der Waals surface area (Å²) in [6.07, 6.45) is -32.1. The van der Waals surface area contributed by atoms with E-state index in [2.05, 4.69) is 11.3 Å². The number of aliphatic hydroxyl groups is 1. The molecule has 0 amide bonds. The normalized spacial score (nSPS) is 24.3. The van der Waals surface area contributed by atoms with Crippen molar-refractivity contribution in [2.75, 3.05) is 0 Å². The quantitative estimate of drug-likeness (QED) is 0.326. The van der Waals surface area contributed by atoms with Crippen molar-refractivity contribution in [2.24, 2.45) is 17.8 Å². The van der Waals surface area contributed by atoms with Crippen LogP contribution in [0.1, 0.15) is 26.2 Å². The molecule has 1 fully saturated rings. The standard InChI is InChI=1S/C16H16F12O3/c1-6(2)11(29)31-9-4-7(10(13(17,18)19)14(20,21)22)3-8(5-9)12(30,15(23,24)25)16(26,27)28/h7-10,30H,1,3-5H2,2H3. The first kappa shape index (κ1) is 27.4. The second-order valence-corrected chi connectivity index (χ2v) is 7.29. The van der Waals surface area contributed by atoms with E-state index >= 15 is 0 Å². The van der Waals surface area contributed by atoms with Crippen LogP contribution >= 0.6 is 0 Å². The van der Waals surface area contributed by atoms with Crippen LogP contribution in [0.2, 0.25) is 0 Å². The molecule has 0 aromatic rings. The lowest BCUT2D eigenvalue weighted by atomic mass is 9.67. The minimum atomic E-state index is -6.49. The number of halogens is 12. The third-order valence-corrected chi connectivity index (χ3v) is 4.95. The molecule has 1 aliphatic carbocycles. The van der Waals surface area contributed by atoms with E-state index in [0.717, 1.165) is 6.92 Å². The van der Waals surface area contributed by atoms with E-state index < -0.39 is 85.0 Å². The Kier molecular flexibility index (Phi) is 7.37. The molecule has 3 atom stereocenters. The summed E-state index contributed by atoms with van der Waals surface area (Å²) in [7, 11) is 0. The second kappa shape index (κ2) is 8.35. The smallest absolute Gasteiger partial charge is 0.426 e. The maximum Gasteiger partial charge on any atom is 0.426 e. The Labute approximate surface area is 167 Å². The van der Waals surface area contributed by atoms with Crippen LogP contribution < -0.4 is 0 Å². The number of rotatable bonds is 4. The van der Waals surface area contributed by atoms with Crippen LogP contribution in [-0.2, 0) is 9.53 Å². The molecule has 1 rings (SSSR count). The molecule has 1 aliphatic rings. The minimum absolute atomic E-state index is 0.455. The first-order chi connectivity index (χ1) is 13.5. The molecule has 0 aliphatic heterocycles. The lowest BCUT2D eigenvalue weighted by Crippen LogP contribution is -2.64. The van der Waals surface area contributed by atoms with Crippen molar-refractivity contribution in [3.8, 4) is 0 Å². The highest BCUT2D eigenvalue weighted by molar-refractivity contribution is 5.87. The molecule has 0 spiro atoms. The third kappa shape index (κ3) is 5.77. The maximum atomic E-state index is 13.2. The van der Waals surface area contributed by atoms with Crippen LogP contribution in [0.4, 0.5) is 52.7 Å². The van der Waals surface area contributed by atoms with Gasteiger partial charge in [-0.1, -0.05) is 6.58 Å². The summed E-state index contributed by atoms with van der Waals surface area (Å²) >= 11 is 0. The maximum absolute atomic E-state index is 13.2. The summed E-state index contributed by atoms with van der Waals surface area (Å²) in [4.78, 5) is 11.6. The van der Waals surface area contributed by atoms with Gasteiger partial charge in [-0.05, 0) is 32.1 Å². The van der Waals surface area contributed by atoms with Gasteiger partial charge in [0.2, 0.25) is 0 Å². The van der Waals surface area contributed by atoms with Gasteiger partial charge in [0.15, 0.2) is 5.92 Å². The molecular weight excluding hydrogens is 468 g/mol. The second-order valence-electron chi connectivity index (χ2n) is 7.29. The molecule has 0 saturated heterocycles. The van der Waals surface area contributed by atoms with Crippen molar-refractivity contribution < 1.29 is 67.3 Å². The predicted octanol–water partition coefficient (Wildman–Crippen LogP) is 5.49. The van der Waals surface area contributed by atoms with E-state index in [1.165, 1.54) is 0 Å². The Bertz CT molecular complexity index is 645. The van der Waals surface area contributed by atoms with Crippen molar-refractivity contribution in [1.82, 2.24) is 0 Å². The molecule has 0 aromatic heterocycles. The predicted molar refractivity (Wildman–Crippen MR) is 78.2 cm³/mol. The Balaban J connectivity index is 3.55. The summed E-state index contributed by atoms with van der Waals surface area (Å²) in [5.41, 5.74) is -6.09. The number of hydrogen-bond acceptors (Lipinski definition) is 3. The summed E-state index contributed by atoms with van der Waals surface area (Å²) in [6.45, 7) is 4.04. The Hall–Kier alpha value is -1.67. The molecule has 0 bridgehead atoms. The lowest BCUT2D eigenvalue weighted by Gasteiger charge is -2.46. The number of hydrogen-bond donors (Lipinski definition) is 1. The molecular formula is C16H16F12O3. The van der Waals surface area contributed by atoms with Gasteiger partial charge in [-0.3, -0.25) is 0 Å². The van der Waals surface area contributed by atoms with E-state index in [1.807, 2.05) is 0 Å². The van der Waals surface area contributed by atoms with Gasteiger partial charge < -0.3 is 9.84 Å². The van der Waals surface area contributed by atoms with E-state index in [4.69, 9.17) is 0 Å². The van der Waals surface area contributed by atoms with Gasteiger partial charge in [-0.2, -0.15) is 52.7 Å². The fourth-order valence-electron chi connectivity index (χ4n) is 3.61. The van der Waals surface area contributed by atoms with Gasteiger partial charge in [0.1, 0.15) is 6.10 Å². The lowest BCUT2D eigenvalue weighted by molar-refractivity contribution is -0.391. The first-order valence-electron chi connectivity index (χ1n) is 8.39. The summed E-state index contributed by atoms with van der Waals surface area (Å²) in [5.74, 6) is -11.8. The van der Waals surface area contributed by atoms with Crippen molar-refractivity contribution >= 4 is 5.97 Å². The molecule has 1 saturated carbocycles. The minimum Gasteiger partial charge on any atom is -0.459 e. The van der Waals surface area contributed by atoms with Crippen molar-refractivity contribution in [2.45, 2.75) is 62.6 Å². The average molecular weight is 484 g/mol. The van der Waals surface area contributed by atoms with Crippen LogP contribution in [0, 0.1) is 17.8 Å². The highest BCUT2D eigenvalue weighted by Gasteiger charge is 2.75. The molecule has 0 aromatic carbocycles. The van der Waals surface area contributed by atoms with E-state index in [-0.39, 0.29) is 0 Å². The molecule has 0 radical (unpaired) electrons. The van der Waals surface area contributed by atoms with Crippen LogP contribution in [-0.4, -0.2) is 47.5 Å². The number of esters is 1. The Morgan fingerprint density at radius 2 is 1.29 bits per heavy atom. The van der Waals surface area contributed by atoms with E-state index in [1.54, 1.807) is 0 Å². The van der Waals surface area contributed by atoms with Crippen molar-refractivity contribution in [3.05, 3.63) is 12.2 Å². The van der Waals surface area contributed by atoms with Gasteiger partial charge in [-0.25, -0.2) is 4.79 Å². The number of carbonyl (C=O) groups excluding carboxylic acids is 1. The van der Waals surface area contributed by atoms with Crippen LogP contribution in [0.3, 0.4) is 0 Å². The first-order valence-corrected chi connectivity index (χ1v) is 8.39. The number of carbonyl (C=O) groups is 1. The van der Waals surface area contributed by atoms with Gasteiger partial charge in [0.05, 0.1) is 0 Å². The summed E-state index contributed by atoms with van der Waals surface area (Å²) in [6, 6.07) is 0. The number of alkyl halides is 12. The van der Waals surface area contributed by atoms with Gasteiger partial charge in [0.25, 0.3) is 5.60 Å². The van der Waals surface area contributed by atoms with E-state index in [9.17, 15) is 62.6 Å². The molecule has 1 N–H and O–H groups in total. The SMILES string of the molecule is C=C(C)C(=O)OC1CC(C(C(F)(F)F)C(F)(F)F)CC(C(O)(C(F)(F)F)C(F)(F)F)C1. The molecule has 3 nitrogen and oxygen atoms in total. The van der Waals surface area contributed by atoms with Crippen molar-refractivity contribution in [1.29, 1.82) is 0 Å². The Morgan fingerprint density at radius 3 is 1.61 bits per heavy atom. The van der Waals surface area contributed by atoms with Crippen LogP contribution in [0.15, 0.2) is 12.2 Å². The molecule has 3 unspecified atom stereocenters. The van der Waals surface area contributed by atoms with Crippen LogP contribution in [0.5, 0.6) is 0 Å². The monoisotopic (exact) mass is 484 g/mol.